The van der Waals surface area contributed by atoms with Crippen molar-refractivity contribution in [2.24, 2.45) is 0 Å². The monoisotopic (exact) mass is 690 g/mol. The summed E-state index contributed by atoms with van der Waals surface area (Å²) in [6, 6.07) is 59.6. The molecule has 5 heterocycles. The van der Waals surface area contributed by atoms with E-state index in [9.17, 15) is 0 Å². The maximum atomic E-state index is 5.43. The first-order valence-electron chi connectivity index (χ1n) is 18.3. The first kappa shape index (κ1) is 31.4. The molecule has 10 rings (SSSR count). The Morgan fingerprint density at radius 3 is 0.796 bits per heavy atom. The largest absolute Gasteiger partial charge is 0.354 e. The van der Waals surface area contributed by atoms with Crippen LogP contribution in [0.25, 0.3) is 102 Å². The van der Waals surface area contributed by atoms with Crippen LogP contribution in [0.1, 0.15) is 22.8 Å². The van der Waals surface area contributed by atoms with Crippen molar-refractivity contribution < 1.29 is 0 Å². The fourth-order valence-corrected chi connectivity index (χ4v) is 7.69. The van der Waals surface area contributed by atoms with E-state index in [1.54, 1.807) is 0 Å². The molecule has 0 amide bonds. The van der Waals surface area contributed by atoms with Gasteiger partial charge in [0.25, 0.3) is 0 Å². The Morgan fingerprint density at radius 1 is 0.241 bits per heavy atom. The van der Waals surface area contributed by atoms with Crippen LogP contribution < -0.4 is 0 Å². The third-order valence-corrected chi connectivity index (χ3v) is 10.2. The van der Waals surface area contributed by atoms with Crippen LogP contribution in [0.15, 0.2) is 170 Å². The molecule has 5 aromatic carbocycles. The topological polar surface area (TPSA) is 57.4 Å². The predicted molar refractivity (Wildman–Crippen MR) is 226 cm³/mol. The fourth-order valence-electron chi connectivity index (χ4n) is 7.69. The van der Waals surface area contributed by atoms with Crippen LogP contribution in [0.4, 0.5) is 0 Å². The Morgan fingerprint density at radius 2 is 0.481 bits per heavy atom. The van der Waals surface area contributed by atoms with Gasteiger partial charge in [-0.25, -0.2) is 9.97 Å². The minimum atomic E-state index is 0.893. The van der Waals surface area contributed by atoms with E-state index in [1.165, 1.54) is 11.1 Å². The molecular formula is C50H34N4. The number of nitrogens with one attached hydrogen (secondary N) is 2. The second-order valence-electron chi connectivity index (χ2n) is 13.5. The number of benzene rings is 5. The molecule has 0 spiro atoms. The van der Waals surface area contributed by atoms with Crippen molar-refractivity contribution >= 4 is 46.4 Å². The SMILES string of the molecule is C1=Cc2nc1c(-c1ccccc1)c1ccc([nH]1)c(-c1ccccc1)c1nc(c(-c3ccc(-c4ccccc4)cc3)c3ccc([nH]3)c2-c2ccccc2)C=C1. The van der Waals surface area contributed by atoms with E-state index in [1.807, 2.05) is 0 Å². The van der Waals surface area contributed by atoms with Crippen molar-refractivity contribution in [3.63, 3.8) is 0 Å². The molecule has 254 valence electrons. The summed E-state index contributed by atoms with van der Waals surface area (Å²) in [6.07, 6.45) is 8.57. The Balaban J connectivity index is 1.34. The average molecular weight is 691 g/mol. The molecule has 0 aliphatic carbocycles. The number of nitrogens with zero attached hydrogens (tertiary/aromatic N) is 2. The van der Waals surface area contributed by atoms with E-state index < -0.39 is 0 Å². The molecule has 8 bridgehead atoms. The summed E-state index contributed by atoms with van der Waals surface area (Å²) in [5.41, 5.74) is 18.4. The predicted octanol–water partition coefficient (Wildman–Crippen LogP) is 13.0. The number of hydrogen-bond acceptors (Lipinski definition) is 2. The molecule has 2 aliphatic rings. The van der Waals surface area contributed by atoms with Gasteiger partial charge in [0.1, 0.15) is 0 Å². The van der Waals surface area contributed by atoms with Crippen molar-refractivity contribution in [3.05, 3.63) is 193 Å². The van der Waals surface area contributed by atoms with Gasteiger partial charge in [0.05, 0.1) is 22.8 Å². The third kappa shape index (κ3) is 5.67. The van der Waals surface area contributed by atoms with E-state index in [2.05, 4.69) is 204 Å². The molecule has 0 fully saturated rings. The summed E-state index contributed by atoms with van der Waals surface area (Å²) in [5, 5.41) is 0. The summed E-state index contributed by atoms with van der Waals surface area (Å²) in [4.78, 5) is 18.5. The maximum Gasteiger partial charge on any atom is 0.0737 e. The zero-order valence-corrected chi connectivity index (χ0v) is 29.4. The Bertz CT molecular complexity index is 2850. The van der Waals surface area contributed by atoms with Gasteiger partial charge in [-0.15, -0.1) is 0 Å². The Hall–Kier alpha value is -7.30. The van der Waals surface area contributed by atoms with Crippen LogP contribution in [0, 0.1) is 0 Å². The van der Waals surface area contributed by atoms with Gasteiger partial charge < -0.3 is 9.97 Å². The molecule has 0 saturated carbocycles. The average Bonchev–Trinajstić information content (AvgIpc) is 4.08. The van der Waals surface area contributed by atoms with Gasteiger partial charge in [-0.2, -0.15) is 0 Å². The van der Waals surface area contributed by atoms with E-state index >= 15 is 0 Å². The van der Waals surface area contributed by atoms with E-state index in [0.717, 1.165) is 89.4 Å². The first-order chi connectivity index (χ1) is 26.8. The molecule has 0 atom stereocenters. The Kier molecular flexibility index (Phi) is 7.77. The number of aromatic amines is 2. The smallest absolute Gasteiger partial charge is 0.0737 e. The molecule has 0 radical (unpaired) electrons. The Labute approximate surface area is 313 Å². The van der Waals surface area contributed by atoms with Gasteiger partial charge >= 0.3 is 0 Å². The summed E-state index contributed by atoms with van der Waals surface area (Å²) in [6.45, 7) is 0. The lowest BCUT2D eigenvalue weighted by atomic mass is 9.99. The highest BCUT2D eigenvalue weighted by molar-refractivity contribution is 5.99. The van der Waals surface area contributed by atoms with Gasteiger partial charge in [0, 0.05) is 44.3 Å². The van der Waals surface area contributed by atoms with Crippen LogP contribution in [0.2, 0.25) is 0 Å². The second kappa shape index (κ2) is 13.4. The highest BCUT2D eigenvalue weighted by atomic mass is 14.8. The van der Waals surface area contributed by atoms with Crippen LogP contribution in [0.5, 0.6) is 0 Å². The summed E-state index contributed by atoms with van der Waals surface area (Å²) in [5.74, 6) is 0. The van der Waals surface area contributed by atoms with Crippen molar-refractivity contribution in [2.75, 3.05) is 0 Å². The fraction of sp³-hybridized carbons (Fsp3) is 0. The number of fused-ring (bicyclic) bond motifs is 8. The van der Waals surface area contributed by atoms with Crippen molar-refractivity contribution in [1.82, 2.24) is 19.9 Å². The minimum Gasteiger partial charge on any atom is -0.354 e. The van der Waals surface area contributed by atoms with Gasteiger partial charge in [-0.3, -0.25) is 0 Å². The first-order valence-corrected chi connectivity index (χ1v) is 18.3. The van der Waals surface area contributed by atoms with Crippen LogP contribution in [-0.4, -0.2) is 19.9 Å². The molecular weight excluding hydrogens is 657 g/mol. The summed E-state index contributed by atoms with van der Waals surface area (Å²) >= 11 is 0. The molecule has 0 unspecified atom stereocenters. The van der Waals surface area contributed by atoms with Gasteiger partial charge in [-0.1, -0.05) is 146 Å². The van der Waals surface area contributed by atoms with Crippen molar-refractivity contribution in [2.45, 2.75) is 0 Å². The molecule has 54 heavy (non-hydrogen) atoms. The van der Waals surface area contributed by atoms with Gasteiger partial charge in [0.2, 0.25) is 0 Å². The molecule has 2 N–H and O–H groups in total. The molecule has 4 nitrogen and oxygen atoms in total. The lowest BCUT2D eigenvalue weighted by Crippen LogP contribution is -1.89. The number of H-pyrrole nitrogens is 2. The number of rotatable bonds is 5. The standard InChI is InChI=1S/C50H34N4/c1-5-13-33(14-6-1)34-21-23-38(24-22-34)50-45-31-29-43(53-45)48(36-17-9-3-10-18-36)41-27-25-39(51-41)47(35-15-7-2-8-16-35)40-26-28-42(52-40)49(37-19-11-4-12-20-37)44-30-32-46(50)54-44/h1-32,51,54H. The second-order valence-corrected chi connectivity index (χ2v) is 13.5. The van der Waals surface area contributed by atoms with Gasteiger partial charge in [-0.05, 0) is 82.0 Å². The van der Waals surface area contributed by atoms with Crippen LogP contribution in [0.3, 0.4) is 0 Å². The molecule has 2 aliphatic heterocycles. The van der Waals surface area contributed by atoms with Crippen LogP contribution >= 0.6 is 0 Å². The van der Waals surface area contributed by atoms with E-state index in [-0.39, 0.29) is 0 Å². The normalized spacial score (nSPS) is 11.9. The zero-order chi connectivity index (χ0) is 35.8. The minimum absolute atomic E-state index is 0.893. The van der Waals surface area contributed by atoms with E-state index in [0.29, 0.717) is 0 Å². The quantitative estimate of drug-likeness (QED) is 0.189. The highest BCUT2D eigenvalue weighted by Gasteiger charge is 2.19. The number of hydrogen-bond donors (Lipinski definition) is 2. The van der Waals surface area contributed by atoms with E-state index in [4.69, 9.17) is 9.97 Å². The maximum absolute atomic E-state index is 5.43. The summed E-state index contributed by atoms with van der Waals surface area (Å²) < 4.78 is 0. The molecule has 4 heteroatoms. The molecule has 8 aromatic rings. The van der Waals surface area contributed by atoms with Crippen molar-refractivity contribution in [1.29, 1.82) is 0 Å². The van der Waals surface area contributed by atoms with Crippen LogP contribution in [-0.2, 0) is 0 Å². The third-order valence-electron chi connectivity index (χ3n) is 10.2. The highest BCUT2D eigenvalue weighted by Crippen LogP contribution is 2.38. The number of aromatic nitrogens is 4. The van der Waals surface area contributed by atoms with Crippen molar-refractivity contribution in [3.8, 4) is 55.6 Å². The lowest BCUT2D eigenvalue weighted by Gasteiger charge is -2.08. The molecule has 3 aromatic heterocycles. The molecule has 0 saturated heterocycles. The summed E-state index contributed by atoms with van der Waals surface area (Å²) in [7, 11) is 0. The lowest BCUT2D eigenvalue weighted by molar-refractivity contribution is 1.31. The van der Waals surface area contributed by atoms with Gasteiger partial charge in [0.15, 0.2) is 0 Å². The zero-order valence-electron chi connectivity index (χ0n) is 29.4.